The Bertz CT molecular complexity index is 951. The van der Waals surface area contributed by atoms with E-state index >= 15 is 0 Å². The Morgan fingerprint density at radius 1 is 1.22 bits per heavy atom. The van der Waals surface area contributed by atoms with Crippen molar-refractivity contribution in [3.63, 3.8) is 0 Å². The molecule has 8 heteroatoms. The number of nitrogens with zero attached hydrogens (tertiary/aromatic N) is 4. The second-order valence-electron chi connectivity index (χ2n) is 8.31. The molecule has 2 fully saturated rings. The van der Waals surface area contributed by atoms with Crippen LogP contribution in [0.25, 0.3) is 0 Å². The molecule has 8 nitrogen and oxygen atoms in total. The van der Waals surface area contributed by atoms with Crippen LogP contribution in [0.2, 0.25) is 0 Å². The number of hydrogen-bond acceptors (Lipinski definition) is 7. The molecule has 2 saturated heterocycles. The fraction of sp³-hybridized carbons (Fsp3) is 0.458. The molecule has 4 rings (SSSR count). The van der Waals surface area contributed by atoms with Crippen LogP contribution in [-0.4, -0.2) is 72.8 Å². The van der Waals surface area contributed by atoms with Crippen molar-refractivity contribution < 1.29 is 19.5 Å². The van der Waals surface area contributed by atoms with E-state index in [9.17, 15) is 9.90 Å². The van der Waals surface area contributed by atoms with E-state index in [-0.39, 0.29) is 11.9 Å². The Labute approximate surface area is 188 Å². The van der Waals surface area contributed by atoms with Gasteiger partial charge in [-0.25, -0.2) is 4.79 Å². The fourth-order valence-electron chi connectivity index (χ4n) is 3.93. The standard InChI is InChI=1S/C24H30N4O4/c1-27-10-12-28(13-11-27)20-6-4-5-18(15-20)16-22(26-32-23-7-2-3-14-31-23)21-17-19(24(29)30)8-9-25-21/h4-6,8-9,15,17,23H,2-3,7,10-14,16H2,1H3,(H,29,30)/b26-22+. The second-order valence-corrected chi connectivity index (χ2v) is 8.31. The normalized spacial score (nSPS) is 20.2. The number of carboxylic acids is 1. The zero-order chi connectivity index (χ0) is 22.3. The van der Waals surface area contributed by atoms with Crippen molar-refractivity contribution in [3.05, 3.63) is 59.4 Å². The molecule has 1 aromatic heterocycles. The first-order chi connectivity index (χ1) is 15.6. The molecule has 1 unspecified atom stereocenters. The number of anilines is 1. The molecule has 2 aromatic rings. The molecule has 1 atom stereocenters. The first kappa shape index (κ1) is 22.2. The third kappa shape index (κ3) is 5.83. The quantitative estimate of drug-likeness (QED) is 0.525. The van der Waals surface area contributed by atoms with Gasteiger partial charge in [-0.2, -0.15) is 0 Å². The lowest BCUT2D eigenvalue weighted by atomic mass is 10.0. The van der Waals surface area contributed by atoms with Gasteiger partial charge < -0.3 is 24.5 Å². The number of aromatic carboxylic acids is 1. The lowest BCUT2D eigenvalue weighted by Crippen LogP contribution is -2.44. The van der Waals surface area contributed by atoms with E-state index in [2.05, 4.69) is 39.1 Å². The van der Waals surface area contributed by atoms with E-state index < -0.39 is 5.97 Å². The van der Waals surface area contributed by atoms with Crippen molar-refractivity contribution in [2.45, 2.75) is 32.0 Å². The van der Waals surface area contributed by atoms with Gasteiger partial charge in [0.15, 0.2) is 0 Å². The van der Waals surface area contributed by atoms with Crippen LogP contribution in [0.15, 0.2) is 47.8 Å². The first-order valence-corrected chi connectivity index (χ1v) is 11.1. The summed E-state index contributed by atoms with van der Waals surface area (Å²) in [4.78, 5) is 26.2. The van der Waals surface area contributed by atoms with E-state index in [1.165, 1.54) is 24.0 Å². The van der Waals surface area contributed by atoms with Crippen LogP contribution in [-0.2, 0) is 16.0 Å². The minimum atomic E-state index is -0.999. The predicted molar refractivity (Wildman–Crippen MR) is 122 cm³/mol. The molecular formula is C24H30N4O4. The lowest BCUT2D eigenvalue weighted by Gasteiger charge is -2.34. The SMILES string of the molecule is CN1CCN(c2cccc(C/C(=N\OC3CCCCO3)c3cc(C(=O)O)ccn3)c2)CC1. The molecule has 0 saturated carbocycles. The number of carboxylic acid groups (broad SMARTS) is 1. The highest BCUT2D eigenvalue weighted by atomic mass is 16.8. The number of likely N-dealkylation sites (N-methyl/N-ethyl adjacent to an activating group) is 1. The molecule has 32 heavy (non-hydrogen) atoms. The van der Waals surface area contributed by atoms with Crippen LogP contribution in [0.4, 0.5) is 5.69 Å². The third-order valence-corrected chi connectivity index (χ3v) is 5.87. The summed E-state index contributed by atoms with van der Waals surface area (Å²) >= 11 is 0. The Hall–Kier alpha value is -2.97. The number of aromatic nitrogens is 1. The summed E-state index contributed by atoms with van der Waals surface area (Å²) in [5.74, 6) is -0.999. The van der Waals surface area contributed by atoms with Crippen LogP contribution in [0.3, 0.4) is 0 Å². The largest absolute Gasteiger partial charge is 0.478 e. The number of benzene rings is 1. The highest BCUT2D eigenvalue weighted by Crippen LogP contribution is 2.20. The van der Waals surface area contributed by atoms with Crippen LogP contribution in [0.1, 0.15) is 40.9 Å². The molecule has 170 valence electrons. The van der Waals surface area contributed by atoms with Gasteiger partial charge in [0.2, 0.25) is 6.29 Å². The van der Waals surface area contributed by atoms with Gasteiger partial charge in [-0.05, 0) is 49.7 Å². The minimum Gasteiger partial charge on any atom is -0.478 e. The summed E-state index contributed by atoms with van der Waals surface area (Å²) in [7, 11) is 2.14. The van der Waals surface area contributed by atoms with Crippen LogP contribution < -0.4 is 4.90 Å². The molecule has 1 aromatic carbocycles. The zero-order valence-electron chi connectivity index (χ0n) is 18.4. The lowest BCUT2D eigenvalue weighted by molar-refractivity contribution is -0.162. The van der Waals surface area contributed by atoms with Crippen LogP contribution >= 0.6 is 0 Å². The van der Waals surface area contributed by atoms with Crippen molar-refractivity contribution >= 4 is 17.4 Å². The van der Waals surface area contributed by atoms with Gasteiger partial charge in [0.05, 0.1) is 17.9 Å². The smallest absolute Gasteiger partial charge is 0.335 e. The number of oxime groups is 1. The van der Waals surface area contributed by atoms with E-state index in [1.54, 1.807) is 0 Å². The highest BCUT2D eigenvalue weighted by Gasteiger charge is 2.18. The Morgan fingerprint density at radius 3 is 2.81 bits per heavy atom. The predicted octanol–water partition coefficient (Wildman–Crippen LogP) is 3.02. The van der Waals surface area contributed by atoms with Crippen LogP contribution in [0.5, 0.6) is 0 Å². The molecule has 2 aliphatic rings. The highest BCUT2D eigenvalue weighted by molar-refractivity contribution is 6.01. The van der Waals surface area contributed by atoms with Gasteiger partial charge in [-0.3, -0.25) is 4.98 Å². The second kappa shape index (κ2) is 10.6. The maximum Gasteiger partial charge on any atom is 0.335 e. The van der Waals surface area contributed by atoms with E-state index in [0.717, 1.165) is 51.0 Å². The summed E-state index contributed by atoms with van der Waals surface area (Å²) < 4.78 is 5.63. The summed E-state index contributed by atoms with van der Waals surface area (Å²) in [6.45, 7) is 4.72. The summed E-state index contributed by atoms with van der Waals surface area (Å²) in [5, 5.41) is 13.8. The zero-order valence-corrected chi connectivity index (χ0v) is 18.4. The van der Waals surface area contributed by atoms with Crippen molar-refractivity contribution in [3.8, 4) is 0 Å². The molecule has 2 aliphatic heterocycles. The van der Waals surface area contributed by atoms with Crippen molar-refractivity contribution in [2.75, 3.05) is 44.7 Å². The van der Waals surface area contributed by atoms with Crippen molar-refractivity contribution in [1.82, 2.24) is 9.88 Å². The minimum absolute atomic E-state index is 0.169. The average molecular weight is 439 g/mol. The summed E-state index contributed by atoms with van der Waals surface area (Å²) in [6, 6.07) is 11.4. The van der Waals surface area contributed by atoms with E-state index in [0.29, 0.717) is 24.4 Å². The van der Waals surface area contributed by atoms with Gasteiger partial charge in [0.25, 0.3) is 0 Å². The van der Waals surface area contributed by atoms with Gasteiger partial charge in [0.1, 0.15) is 5.71 Å². The average Bonchev–Trinajstić information content (AvgIpc) is 2.83. The number of pyridine rings is 1. The molecule has 1 N–H and O–H groups in total. The van der Waals surface area contributed by atoms with E-state index in [1.807, 2.05) is 12.1 Å². The number of piperazine rings is 1. The van der Waals surface area contributed by atoms with Gasteiger partial charge >= 0.3 is 5.97 Å². The monoisotopic (exact) mass is 438 g/mol. The Balaban J connectivity index is 1.56. The number of hydrogen-bond donors (Lipinski definition) is 1. The Kier molecular flexibility index (Phi) is 7.34. The first-order valence-electron chi connectivity index (χ1n) is 11.1. The summed E-state index contributed by atoms with van der Waals surface area (Å²) in [5.41, 5.74) is 3.49. The maximum atomic E-state index is 11.5. The van der Waals surface area contributed by atoms with Crippen LogP contribution in [0, 0.1) is 0 Å². The Morgan fingerprint density at radius 2 is 2.06 bits per heavy atom. The molecular weight excluding hydrogens is 408 g/mol. The molecule has 0 amide bonds. The van der Waals surface area contributed by atoms with Gasteiger partial charge in [-0.15, -0.1) is 0 Å². The number of ether oxygens (including phenoxy) is 1. The van der Waals surface area contributed by atoms with Gasteiger partial charge in [-0.1, -0.05) is 17.3 Å². The summed E-state index contributed by atoms with van der Waals surface area (Å²) in [6.07, 6.45) is 4.44. The molecule has 3 heterocycles. The van der Waals surface area contributed by atoms with Gasteiger partial charge in [0, 0.05) is 50.9 Å². The topological polar surface area (TPSA) is 87.5 Å². The molecule has 0 bridgehead atoms. The van der Waals surface area contributed by atoms with Crippen molar-refractivity contribution in [2.24, 2.45) is 5.16 Å². The van der Waals surface area contributed by atoms with Crippen molar-refractivity contribution in [1.29, 1.82) is 0 Å². The molecule has 0 spiro atoms. The molecule has 0 aliphatic carbocycles. The van der Waals surface area contributed by atoms with E-state index in [4.69, 9.17) is 9.57 Å². The maximum absolute atomic E-state index is 11.5. The molecule has 0 radical (unpaired) electrons. The number of carbonyl (C=O) groups is 1. The third-order valence-electron chi connectivity index (χ3n) is 5.87. The fourth-order valence-corrected chi connectivity index (χ4v) is 3.93. The number of rotatable bonds is 7.